The summed E-state index contributed by atoms with van der Waals surface area (Å²) >= 11 is 0. The molecule has 0 aliphatic heterocycles. The van der Waals surface area contributed by atoms with E-state index in [1.165, 1.54) is 11.8 Å². The Bertz CT molecular complexity index is 1130. The number of pyridine rings is 1. The van der Waals surface area contributed by atoms with Gasteiger partial charge in [0.1, 0.15) is 11.6 Å². The summed E-state index contributed by atoms with van der Waals surface area (Å²) in [6.45, 7) is 2.43. The van der Waals surface area contributed by atoms with Gasteiger partial charge in [-0.1, -0.05) is 30.3 Å². The van der Waals surface area contributed by atoms with Crippen LogP contribution in [0.1, 0.15) is 30.4 Å². The standard InChI is InChI=1S/C21H19FN4O/c1-2-26-11-13(10-23)21(27)18-17(26)9-16(19(22)20(18)24)25-15-8-14(15)12-6-4-3-5-7-12/h3-7,9,11,14-15,25H,2,8,24H2,1H3/t14-,15+/m1/s1. The fourth-order valence-electron chi connectivity index (χ4n) is 3.62. The molecule has 0 saturated heterocycles. The third-order valence-electron chi connectivity index (χ3n) is 5.17. The van der Waals surface area contributed by atoms with E-state index in [1.807, 2.05) is 31.2 Å². The number of nitriles is 1. The Kier molecular flexibility index (Phi) is 4.08. The number of benzene rings is 2. The first-order valence-electron chi connectivity index (χ1n) is 8.91. The molecule has 0 amide bonds. The number of anilines is 2. The molecule has 3 aromatic rings. The second-order valence-electron chi connectivity index (χ2n) is 6.82. The zero-order valence-electron chi connectivity index (χ0n) is 14.9. The van der Waals surface area contributed by atoms with E-state index in [-0.39, 0.29) is 28.4 Å². The van der Waals surface area contributed by atoms with E-state index in [9.17, 15) is 9.18 Å². The Labute approximate surface area is 155 Å². The highest BCUT2D eigenvalue weighted by Crippen LogP contribution is 2.43. The maximum atomic E-state index is 14.9. The van der Waals surface area contributed by atoms with E-state index < -0.39 is 11.2 Å². The summed E-state index contributed by atoms with van der Waals surface area (Å²) in [7, 11) is 0. The first kappa shape index (κ1) is 17.1. The highest BCUT2D eigenvalue weighted by atomic mass is 19.1. The van der Waals surface area contributed by atoms with Gasteiger partial charge in [-0.25, -0.2) is 4.39 Å². The van der Waals surface area contributed by atoms with Crippen molar-refractivity contribution in [3.63, 3.8) is 0 Å². The van der Waals surface area contributed by atoms with Gasteiger partial charge in [0, 0.05) is 24.7 Å². The summed E-state index contributed by atoms with van der Waals surface area (Å²) in [6.07, 6.45) is 2.41. The predicted octanol–water partition coefficient (Wildman–Crippen LogP) is 3.58. The van der Waals surface area contributed by atoms with Crippen molar-refractivity contribution in [3.8, 4) is 6.07 Å². The summed E-state index contributed by atoms with van der Waals surface area (Å²) in [5.41, 5.74) is 7.22. The van der Waals surface area contributed by atoms with Crippen LogP contribution < -0.4 is 16.5 Å². The molecule has 3 N–H and O–H groups in total. The molecule has 1 aliphatic carbocycles. The lowest BCUT2D eigenvalue weighted by Crippen LogP contribution is -2.16. The average molecular weight is 362 g/mol. The first-order chi connectivity index (χ1) is 13.0. The molecule has 27 heavy (non-hydrogen) atoms. The van der Waals surface area contributed by atoms with E-state index in [4.69, 9.17) is 11.0 Å². The van der Waals surface area contributed by atoms with Gasteiger partial charge in [-0.05, 0) is 25.0 Å². The van der Waals surface area contributed by atoms with Gasteiger partial charge in [0.2, 0.25) is 5.43 Å². The highest BCUT2D eigenvalue weighted by Gasteiger charge is 2.38. The van der Waals surface area contributed by atoms with Crippen molar-refractivity contribution in [3.05, 3.63) is 69.8 Å². The fraction of sp³-hybridized carbons (Fsp3) is 0.238. The van der Waals surface area contributed by atoms with E-state index >= 15 is 0 Å². The van der Waals surface area contributed by atoms with Gasteiger partial charge in [0.15, 0.2) is 5.82 Å². The van der Waals surface area contributed by atoms with Gasteiger partial charge in [-0.15, -0.1) is 0 Å². The highest BCUT2D eigenvalue weighted by molar-refractivity contribution is 5.95. The van der Waals surface area contributed by atoms with Crippen molar-refractivity contribution < 1.29 is 4.39 Å². The monoisotopic (exact) mass is 362 g/mol. The Morgan fingerprint density at radius 3 is 2.78 bits per heavy atom. The number of halogens is 1. The van der Waals surface area contributed by atoms with E-state index in [2.05, 4.69) is 17.4 Å². The lowest BCUT2D eigenvalue weighted by Gasteiger charge is -2.15. The lowest BCUT2D eigenvalue weighted by molar-refractivity contribution is 0.635. The molecule has 136 valence electrons. The molecule has 0 radical (unpaired) electrons. The number of hydrogen-bond acceptors (Lipinski definition) is 4. The van der Waals surface area contributed by atoms with Gasteiger partial charge in [-0.3, -0.25) is 4.79 Å². The van der Waals surface area contributed by atoms with Gasteiger partial charge >= 0.3 is 0 Å². The molecule has 0 unspecified atom stereocenters. The van der Waals surface area contributed by atoms with Crippen LogP contribution >= 0.6 is 0 Å². The second-order valence-corrected chi connectivity index (χ2v) is 6.82. The van der Waals surface area contributed by atoms with Crippen LogP contribution in [0.25, 0.3) is 10.9 Å². The van der Waals surface area contributed by atoms with Crippen LogP contribution in [0.15, 0.2) is 47.4 Å². The van der Waals surface area contributed by atoms with E-state index in [0.717, 1.165) is 6.42 Å². The van der Waals surface area contributed by atoms with Crippen LogP contribution in [-0.2, 0) is 6.54 Å². The maximum absolute atomic E-state index is 14.9. The number of nitrogens with two attached hydrogens (primary N) is 1. The smallest absolute Gasteiger partial charge is 0.209 e. The van der Waals surface area contributed by atoms with Crippen molar-refractivity contribution in [2.45, 2.75) is 31.8 Å². The molecular formula is C21H19FN4O. The number of aryl methyl sites for hydroxylation is 1. The minimum atomic E-state index is -0.643. The van der Waals surface area contributed by atoms with Gasteiger partial charge in [-0.2, -0.15) is 5.26 Å². The van der Waals surface area contributed by atoms with Gasteiger partial charge in [0.05, 0.1) is 22.3 Å². The number of fused-ring (bicyclic) bond motifs is 1. The van der Waals surface area contributed by atoms with Crippen LogP contribution in [0, 0.1) is 17.1 Å². The quantitative estimate of drug-likeness (QED) is 0.695. The Balaban J connectivity index is 1.76. The Morgan fingerprint density at radius 2 is 2.11 bits per heavy atom. The molecule has 2 aromatic carbocycles. The number of nitrogens with one attached hydrogen (secondary N) is 1. The van der Waals surface area contributed by atoms with Gasteiger partial charge in [0.25, 0.3) is 0 Å². The van der Waals surface area contributed by atoms with Crippen LogP contribution in [0.5, 0.6) is 0 Å². The van der Waals surface area contributed by atoms with Crippen molar-refractivity contribution in [1.29, 1.82) is 5.26 Å². The molecule has 1 heterocycles. The fourth-order valence-corrected chi connectivity index (χ4v) is 3.62. The molecule has 1 aromatic heterocycles. The zero-order chi connectivity index (χ0) is 19.1. The summed E-state index contributed by atoms with van der Waals surface area (Å²) in [4.78, 5) is 12.5. The molecule has 0 spiro atoms. The molecule has 6 heteroatoms. The second kappa shape index (κ2) is 6.44. The van der Waals surface area contributed by atoms with Crippen LogP contribution in [0.2, 0.25) is 0 Å². The number of nitrogen functional groups attached to an aromatic ring is 1. The summed E-state index contributed by atoms with van der Waals surface area (Å²) in [5, 5.41) is 12.5. The molecule has 1 fully saturated rings. The minimum absolute atomic E-state index is 0.0394. The van der Waals surface area contributed by atoms with Crippen molar-refractivity contribution >= 4 is 22.3 Å². The molecular weight excluding hydrogens is 343 g/mol. The number of hydrogen-bond donors (Lipinski definition) is 2. The molecule has 2 atom stereocenters. The first-order valence-corrected chi connectivity index (χ1v) is 8.91. The minimum Gasteiger partial charge on any atom is -0.396 e. The average Bonchev–Trinajstić information content (AvgIpc) is 3.46. The van der Waals surface area contributed by atoms with Crippen molar-refractivity contribution in [2.24, 2.45) is 0 Å². The topological polar surface area (TPSA) is 83.8 Å². The Morgan fingerprint density at radius 1 is 1.37 bits per heavy atom. The largest absolute Gasteiger partial charge is 0.396 e. The zero-order valence-corrected chi connectivity index (χ0v) is 14.9. The van der Waals surface area contributed by atoms with Crippen molar-refractivity contribution in [1.82, 2.24) is 4.57 Å². The van der Waals surface area contributed by atoms with Gasteiger partial charge < -0.3 is 15.6 Å². The Hall–Kier alpha value is -3.33. The summed E-state index contributed by atoms with van der Waals surface area (Å²) in [5.74, 6) is -0.312. The molecule has 0 bridgehead atoms. The SMILES string of the molecule is CCn1cc(C#N)c(=O)c2c(N)c(F)c(N[C@H]3C[C@@H]3c3ccccc3)cc21. The number of nitrogens with zero attached hydrogens (tertiary/aromatic N) is 2. The van der Waals surface area contributed by atoms with Crippen LogP contribution in [0.4, 0.5) is 15.8 Å². The summed E-state index contributed by atoms with van der Waals surface area (Å²) in [6, 6.07) is 13.7. The summed E-state index contributed by atoms with van der Waals surface area (Å²) < 4.78 is 16.6. The van der Waals surface area contributed by atoms with E-state index in [1.54, 1.807) is 10.6 Å². The van der Waals surface area contributed by atoms with Crippen LogP contribution in [0.3, 0.4) is 0 Å². The number of rotatable bonds is 4. The van der Waals surface area contributed by atoms with Crippen molar-refractivity contribution in [2.75, 3.05) is 11.1 Å². The van der Waals surface area contributed by atoms with Crippen LogP contribution in [-0.4, -0.2) is 10.6 Å². The molecule has 5 nitrogen and oxygen atoms in total. The normalized spacial score (nSPS) is 18.3. The third-order valence-corrected chi connectivity index (χ3v) is 5.17. The lowest BCUT2D eigenvalue weighted by atomic mass is 10.1. The number of aromatic nitrogens is 1. The predicted molar refractivity (Wildman–Crippen MR) is 104 cm³/mol. The maximum Gasteiger partial charge on any atom is 0.209 e. The third kappa shape index (κ3) is 2.81. The van der Waals surface area contributed by atoms with E-state index in [0.29, 0.717) is 18.0 Å². The molecule has 1 saturated carbocycles. The molecule has 1 aliphatic rings. The molecule has 4 rings (SSSR count).